The van der Waals surface area contributed by atoms with Crippen molar-refractivity contribution < 1.29 is 19.8 Å². The second-order valence-corrected chi connectivity index (χ2v) is 8.09. The lowest BCUT2D eigenvalue weighted by molar-refractivity contribution is -0.118. The van der Waals surface area contributed by atoms with Gasteiger partial charge in [-0.05, 0) is 47.5 Å². The standard InChI is InChI=1S/C24H22Cl2N2O4/c1-27(19-7-3-5-9-21(19)29)23(31)13-15-11-18(26)16(12-17(15)25)14-24(32)28(2)20-8-4-6-10-22(20)30/h3-12,29-30H,13-14H2,1-2H3. The van der Waals surface area contributed by atoms with Crippen LogP contribution in [0.25, 0.3) is 0 Å². The first-order valence-electron chi connectivity index (χ1n) is 9.75. The van der Waals surface area contributed by atoms with Gasteiger partial charge in [-0.25, -0.2) is 0 Å². The maximum absolute atomic E-state index is 12.7. The molecule has 0 fully saturated rings. The highest BCUT2D eigenvalue weighted by Gasteiger charge is 2.20. The third-order valence-electron chi connectivity index (χ3n) is 5.13. The van der Waals surface area contributed by atoms with Crippen molar-refractivity contribution in [1.29, 1.82) is 0 Å². The molecular weight excluding hydrogens is 451 g/mol. The molecule has 0 spiro atoms. The second-order valence-electron chi connectivity index (χ2n) is 7.27. The minimum Gasteiger partial charge on any atom is -0.506 e. The highest BCUT2D eigenvalue weighted by molar-refractivity contribution is 6.34. The zero-order valence-electron chi connectivity index (χ0n) is 17.5. The molecule has 0 aliphatic rings. The van der Waals surface area contributed by atoms with Crippen LogP contribution in [0, 0.1) is 0 Å². The van der Waals surface area contributed by atoms with Crippen LogP contribution in [0.5, 0.6) is 11.5 Å². The summed E-state index contributed by atoms with van der Waals surface area (Å²) in [7, 11) is 3.13. The number of halogens is 2. The molecule has 2 amide bonds. The Hall–Kier alpha value is -3.22. The molecule has 0 heterocycles. The van der Waals surface area contributed by atoms with Crippen molar-refractivity contribution in [2.24, 2.45) is 0 Å². The van der Waals surface area contributed by atoms with Crippen LogP contribution in [0.3, 0.4) is 0 Å². The molecule has 166 valence electrons. The Morgan fingerprint density at radius 2 is 1.06 bits per heavy atom. The first kappa shape index (κ1) is 23.4. The summed E-state index contributed by atoms with van der Waals surface area (Å²) in [5.41, 5.74) is 1.78. The topological polar surface area (TPSA) is 81.1 Å². The molecule has 2 N–H and O–H groups in total. The van der Waals surface area contributed by atoms with Crippen LogP contribution in [0.4, 0.5) is 11.4 Å². The highest BCUT2D eigenvalue weighted by atomic mass is 35.5. The lowest BCUT2D eigenvalue weighted by Crippen LogP contribution is -2.28. The van der Waals surface area contributed by atoms with Gasteiger partial charge < -0.3 is 20.0 Å². The van der Waals surface area contributed by atoms with E-state index in [9.17, 15) is 19.8 Å². The Balaban J connectivity index is 1.75. The summed E-state index contributed by atoms with van der Waals surface area (Å²) >= 11 is 12.8. The normalized spacial score (nSPS) is 10.6. The third kappa shape index (κ3) is 5.15. The molecule has 0 bridgehead atoms. The lowest BCUT2D eigenvalue weighted by atomic mass is 10.0. The summed E-state index contributed by atoms with van der Waals surface area (Å²) in [6, 6.07) is 16.2. The summed E-state index contributed by atoms with van der Waals surface area (Å²) in [5, 5.41) is 20.5. The maximum atomic E-state index is 12.7. The van der Waals surface area contributed by atoms with E-state index in [4.69, 9.17) is 23.2 Å². The van der Waals surface area contributed by atoms with Crippen molar-refractivity contribution in [3.05, 3.63) is 81.8 Å². The van der Waals surface area contributed by atoms with Crippen LogP contribution in [-0.2, 0) is 22.4 Å². The van der Waals surface area contributed by atoms with E-state index < -0.39 is 0 Å². The van der Waals surface area contributed by atoms with Gasteiger partial charge in [-0.2, -0.15) is 0 Å². The molecule has 3 aromatic rings. The van der Waals surface area contributed by atoms with Gasteiger partial charge in [-0.15, -0.1) is 0 Å². The second kappa shape index (κ2) is 9.94. The number of phenols is 2. The van der Waals surface area contributed by atoms with Gasteiger partial charge in [0.15, 0.2) is 0 Å². The van der Waals surface area contributed by atoms with Gasteiger partial charge >= 0.3 is 0 Å². The quantitative estimate of drug-likeness (QED) is 0.538. The van der Waals surface area contributed by atoms with E-state index in [1.54, 1.807) is 62.6 Å². The summed E-state index contributed by atoms with van der Waals surface area (Å²) in [5.74, 6) is -0.579. The molecule has 0 aromatic heterocycles. The fourth-order valence-electron chi connectivity index (χ4n) is 3.23. The molecule has 0 unspecified atom stereocenters. The predicted octanol–water partition coefficient (Wildman–Crippen LogP) is 4.82. The Labute approximate surface area is 196 Å². The number of carbonyl (C=O) groups is 2. The van der Waals surface area contributed by atoms with Crippen LogP contribution in [0.1, 0.15) is 11.1 Å². The summed E-state index contributed by atoms with van der Waals surface area (Å²) < 4.78 is 0. The highest BCUT2D eigenvalue weighted by Crippen LogP contribution is 2.30. The van der Waals surface area contributed by atoms with Crippen molar-refractivity contribution in [1.82, 2.24) is 0 Å². The number of para-hydroxylation sites is 4. The minimum absolute atomic E-state index is 0.00471. The molecule has 0 radical (unpaired) electrons. The van der Waals surface area contributed by atoms with Crippen LogP contribution >= 0.6 is 23.2 Å². The van der Waals surface area contributed by atoms with Crippen molar-refractivity contribution in [3.63, 3.8) is 0 Å². The van der Waals surface area contributed by atoms with Gasteiger partial charge in [-0.1, -0.05) is 47.5 Å². The van der Waals surface area contributed by atoms with Crippen molar-refractivity contribution >= 4 is 46.4 Å². The minimum atomic E-state index is -0.285. The van der Waals surface area contributed by atoms with Gasteiger partial charge in [0.2, 0.25) is 11.8 Å². The number of likely N-dealkylation sites (N-methyl/N-ethyl adjacent to an activating group) is 2. The van der Waals surface area contributed by atoms with Gasteiger partial charge in [-0.3, -0.25) is 9.59 Å². The molecular formula is C24H22Cl2N2O4. The Bertz CT molecular complexity index is 1080. The predicted molar refractivity (Wildman–Crippen MR) is 127 cm³/mol. The number of hydrogen-bond acceptors (Lipinski definition) is 4. The van der Waals surface area contributed by atoms with Crippen LogP contribution < -0.4 is 9.80 Å². The molecule has 3 rings (SSSR count). The van der Waals surface area contributed by atoms with E-state index in [-0.39, 0.29) is 36.2 Å². The average Bonchev–Trinajstić information content (AvgIpc) is 2.76. The monoisotopic (exact) mass is 472 g/mol. The first-order chi connectivity index (χ1) is 15.2. The number of hydrogen-bond donors (Lipinski definition) is 2. The van der Waals surface area contributed by atoms with Gasteiger partial charge in [0.05, 0.1) is 24.2 Å². The number of benzene rings is 3. The van der Waals surface area contributed by atoms with E-state index in [1.165, 1.54) is 21.9 Å². The Morgan fingerprint density at radius 1 is 0.719 bits per heavy atom. The molecule has 3 aromatic carbocycles. The maximum Gasteiger partial charge on any atom is 0.231 e. The molecule has 0 saturated carbocycles. The number of aromatic hydroxyl groups is 2. The van der Waals surface area contributed by atoms with E-state index >= 15 is 0 Å². The molecule has 0 saturated heterocycles. The van der Waals surface area contributed by atoms with E-state index in [2.05, 4.69) is 0 Å². The molecule has 0 aliphatic heterocycles. The van der Waals surface area contributed by atoms with Gasteiger partial charge in [0.25, 0.3) is 0 Å². The molecule has 0 aliphatic carbocycles. The van der Waals surface area contributed by atoms with E-state index in [0.717, 1.165) is 0 Å². The SMILES string of the molecule is CN(C(=O)Cc1cc(Cl)c(CC(=O)N(C)c2ccccc2O)cc1Cl)c1ccccc1O. The fourth-order valence-corrected chi connectivity index (χ4v) is 3.73. The Morgan fingerprint density at radius 3 is 1.41 bits per heavy atom. The van der Waals surface area contributed by atoms with E-state index in [0.29, 0.717) is 32.5 Å². The number of anilines is 2. The Kier molecular flexibility index (Phi) is 7.28. The summed E-state index contributed by atoms with van der Waals surface area (Å²) in [4.78, 5) is 28.1. The number of amides is 2. The molecule has 32 heavy (non-hydrogen) atoms. The van der Waals surface area contributed by atoms with Crippen LogP contribution in [0.2, 0.25) is 10.0 Å². The zero-order valence-corrected chi connectivity index (χ0v) is 19.1. The third-order valence-corrected chi connectivity index (χ3v) is 5.84. The largest absolute Gasteiger partial charge is 0.506 e. The summed E-state index contributed by atoms with van der Waals surface area (Å²) in [6.07, 6.45) is -0.0647. The fraction of sp³-hybridized carbons (Fsp3) is 0.167. The average molecular weight is 473 g/mol. The first-order valence-corrected chi connectivity index (χ1v) is 10.5. The lowest BCUT2D eigenvalue weighted by Gasteiger charge is -2.20. The molecule has 8 heteroatoms. The van der Waals surface area contributed by atoms with Crippen LogP contribution in [-0.4, -0.2) is 36.1 Å². The summed E-state index contributed by atoms with van der Waals surface area (Å²) in [6.45, 7) is 0. The molecule has 6 nitrogen and oxygen atoms in total. The van der Waals surface area contributed by atoms with Crippen molar-refractivity contribution in [3.8, 4) is 11.5 Å². The van der Waals surface area contributed by atoms with Crippen LogP contribution in [0.15, 0.2) is 60.7 Å². The number of nitrogens with zero attached hydrogens (tertiary/aromatic N) is 2. The van der Waals surface area contributed by atoms with E-state index in [1.807, 2.05) is 0 Å². The van der Waals surface area contributed by atoms with Gasteiger partial charge in [0.1, 0.15) is 11.5 Å². The number of phenolic OH excluding ortho intramolecular Hbond substituents is 2. The van der Waals surface area contributed by atoms with Crippen molar-refractivity contribution in [2.45, 2.75) is 12.8 Å². The van der Waals surface area contributed by atoms with Gasteiger partial charge in [0, 0.05) is 24.1 Å². The zero-order chi connectivity index (χ0) is 23.4. The number of carbonyl (C=O) groups excluding carboxylic acids is 2. The smallest absolute Gasteiger partial charge is 0.231 e. The molecule has 0 atom stereocenters. The van der Waals surface area contributed by atoms with Crippen molar-refractivity contribution in [2.75, 3.05) is 23.9 Å². The number of rotatable bonds is 6.